The predicted molar refractivity (Wildman–Crippen MR) is 50.5 cm³/mol. The van der Waals surface area contributed by atoms with Crippen LogP contribution in [-0.2, 0) is 11.6 Å². The Bertz CT molecular complexity index is 545. The van der Waals surface area contributed by atoms with E-state index in [-0.39, 0.29) is 11.3 Å². The van der Waals surface area contributed by atoms with Crippen LogP contribution < -0.4 is 0 Å². The first-order chi connectivity index (χ1) is 7.93. The van der Waals surface area contributed by atoms with E-state index in [4.69, 9.17) is 10.5 Å². The summed E-state index contributed by atoms with van der Waals surface area (Å²) < 4.78 is 37.5. The van der Waals surface area contributed by atoms with E-state index in [0.717, 1.165) is 6.07 Å². The van der Waals surface area contributed by atoms with Gasteiger partial charge in [-0.2, -0.15) is 23.7 Å². The predicted octanol–water partition coefficient (Wildman–Crippen LogP) is 2.53. The Morgan fingerprint density at radius 2 is 1.94 bits per heavy atom. The smallest absolute Gasteiger partial charge is 0.245 e. The average molecular weight is 237 g/mol. The SMILES string of the molecule is N#Cc1ncc(C(F)(F)F)cc1C1(C#N)CC1. The minimum absolute atomic E-state index is 0.0947. The van der Waals surface area contributed by atoms with E-state index in [1.807, 2.05) is 6.07 Å². The van der Waals surface area contributed by atoms with E-state index < -0.39 is 17.2 Å². The average Bonchev–Trinajstić information content (AvgIpc) is 3.08. The standard InChI is InChI=1S/C11H6F3N3/c12-11(13,14)7-3-8(9(4-15)17-5-7)10(6-16)1-2-10/h3,5H,1-2H2. The molecule has 6 heteroatoms. The minimum Gasteiger partial charge on any atom is -0.245 e. The lowest BCUT2D eigenvalue weighted by molar-refractivity contribution is -0.137. The number of halogens is 3. The molecule has 0 spiro atoms. The molecule has 1 aromatic heterocycles. The number of alkyl halides is 3. The third-order valence-corrected chi connectivity index (χ3v) is 2.80. The van der Waals surface area contributed by atoms with Crippen LogP contribution in [0.15, 0.2) is 12.3 Å². The van der Waals surface area contributed by atoms with Crippen LogP contribution in [0.1, 0.15) is 29.7 Å². The lowest BCUT2D eigenvalue weighted by Gasteiger charge is -2.12. The van der Waals surface area contributed by atoms with Gasteiger partial charge < -0.3 is 0 Å². The summed E-state index contributed by atoms with van der Waals surface area (Å²) in [5.74, 6) is 0. The monoisotopic (exact) mass is 237 g/mol. The Kier molecular flexibility index (Phi) is 2.32. The zero-order valence-electron chi connectivity index (χ0n) is 8.54. The molecule has 0 atom stereocenters. The molecule has 0 bridgehead atoms. The quantitative estimate of drug-likeness (QED) is 0.753. The molecule has 1 heterocycles. The van der Waals surface area contributed by atoms with Gasteiger partial charge in [-0.3, -0.25) is 0 Å². The van der Waals surface area contributed by atoms with Gasteiger partial charge in [0.25, 0.3) is 0 Å². The Morgan fingerprint density at radius 3 is 2.35 bits per heavy atom. The van der Waals surface area contributed by atoms with Gasteiger partial charge in [-0.1, -0.05) is 0 Å². The van der Waals surface area contributed by atoms with E-state index in [2.05, 4.69) is 4.98 Å². The molecule has 2 rings (SSSR count). The third kappa shape index (κ3) is 1.83. The molecule has 0 saturated heterocycles. The van der Waals surface area contributed by atoms with Gasteiger partial charge in [-0.25, -0.2) is 4.98 Å². The van der Waals surface area contributed by atoms with Crippen molar-refractivity contribution in [3.8, 4) is 12.1 Å². The van der Waals surface area contributed by atoms with Crippen molar-refractivity contribution < 1.29 is 13.2 Å². The Balaban J connectivity index is 2.58. The van der Waals surface area contributed by atoms with Gasteiger partial charge in [-0.15, -0.1) is 0 Å². The van der Waals surface area contributed by atoms with E-state index in [1.54, 1.807) is 6.07 Å². The summed E-state index contributed by atoms with van der Waals surface area (Å²) in [7, 11) is 0. The first-order valence-corrected chi connectivity index (χ1v) is 4.82. The molecule has 0 radical (unpaired) electrons. The summed E-state index contributed by atoms with van der Waals surface area (Å²) in [6.45, 7) is 0. The Morgan fingerprint density at radius 1 is 1.29 bits per heavy atom. The second kappa shape index (κ2) is 3.46. The van der Waals surface area contributed by atoms with Gasteiger partial charge in [0.15, 0.2) is 0 Å². The molecule has 1 aliphatic rings. The van der Waals surface area contributed by atoms with E-state index in [1.165, 1.54) is 0 Å². The second-order valence-corrected chi connectivity index (χ2v) is 3.92. The lowest BCUT2D eigenvalue weighted by Crippen LogP contribution is -2.12. The summed E-state index contributed by atoms with van der Waals surface area (Å²) in [6, 6.07) is 4.55. The van der Waals surface area contributed by atoms with Crippen molar-refractivity contribution in [2.75, 3.05) is 0 Å². The molecule has 0 aliphatic heterocycles. The van der Waals surface area contributed by atoms with Gasteiger partial charge >= 0.3 is 6.18 Å². The van der Waals surface area contributed by atoms with Crippen molar-refractivity contribution in [3.05, 3.63) is 29.1 Å². The van der Waals surface area contributed by atoms with Crippen LogP contribution in [0, 0.1) is 22.7 Å². The summed E-state index contributed by atoms with van der Waals surface area (Å²) in [4.78, 5) is 3.49. The fourth-order valence-electron chi connectivity index (χ4n) is 1.64. The fraction of sp³-hybridized carbons (Fsp3) is 0.364. The van der Waals surface area contributed by atoms with E-state index in [9.17, 15) is 13.2 Å². The van der Waals surface area contributed by atoms with Crippen LogP contribution in [-0.4, -0.2) is 4.98 Å². The molecule has 0 N–H and O–H groups in total. The number of hydrogen-bond donors (Lipinski definition) is 0. The third-order valence-electron chi connectivity index (χ3n) is 2.80. The molecular weight excluding hydrogens is 231 g/mol. The van der Waals surface area contributed by atoms with Gasteiger partial charge in [0.1, 0.15) is 11.8 Å². The Hall–Kier alpha value is -2.08. The van der Waals surface area contributed by atoms with Crippen LogP contribution in [0.4, 0.5) is 13.2 Å². The summed E-state index contributed by atoms with van der Waals surface area (Å²) in [5, 5.41) is 17.8. The van der Waals surface area contributed by atoms with Crippen molar-refractivity contribution in [1.82, 2.24) is 4.98 Å². The highest BCUT2D eigenvalue weighted by molar-refractivity contribution is 5.47. The van der Waals surface area contributed by atoms with Crippen LogP contribution in [0.3, 0.4) is 0 Å². The molecular formula is C11H6F3N3. The zero-order valence-corrected chi connectivity index (χ0v) is 8.54. The normalized spacial score (nSPS) is 17.0. The number of nitrogens with zero attached hydrogens (tertiary/aromatic N) is 3. The maximum absolute atomic E-state index is 12.5. The number of aromatic nitrogens is 1. The first kappa shape index (κ1) is 11.4. The number of rotatable bonds is 1. The highest BCUT2D eigenvalue weighted by atomic mass is 19.4. The maximum atomic E-state index is 12.5. The molecule has 1 aromatic rings. The first-order valence-electron chi connectivity index (χ1n) is 4.82. The molecule has 17 heavy (non-hydrogen) atoms. The van der Waals surface area contributed by atoms with Crippen LogP contribution in [0.25, 0.3) is 0 Å². The molecule has 0 aromatic carbocycles. The molecule has 1 fully saturated rings. The molecule has 1 saturated carbocycles. The largest absolute Gasteiger partial charge is 0.417 e. The van der Waals surface area contributed by atoms with Gasteiger partial charge in [0.05, 0.1) is 17.0 Å². The molecule has 0 unspecified atom stereocenters. The topological polar surface area (TPSA) is 60.5 Å². The van der Waals surface area contributed by atoms with Gasteiger partial charge in [0, 0.05) is 11.8 Å². The van der Waals surface area contributed by atoms with Crippen molar-refractivity contribution in [2.24, 2.45) is 0 Å². The molecule has 3 nitrogen and oxygen atoms in total. The summed E-state index contributed by atoms with van der Waals surface area (Å²) in [5.41, 5.74) is -1.87. The molecule has 1 aliphatic carbocycles. The highest BCUT2D eigenvalue weighted by Gasteiger charge is 2.48. The molecule has 86 valence electrons. The summed E-state index contributed by atoms with van der Waals surface area (Å²) >= 11 is 0. The number of hydrogen-bond acceptors (Lipinski definition) is 3. The maximum Gasteiger partial charge on any atom is 0.417 e. The second-order valence-electron chi connectivity index (χ2n) is 3.92. The van der Waals surface area contributed by atoms with Crippen molar-refractivity contribution in [1.29, 1.82) is 10.5 Å². The van der Waals surface area contributed by atoms with Gasteiger partial charge in [0.2, 0.25) is 0 Å². The number of nitriles is 2. The highest BCUT2D eigenvalue weighted by Crippen LogP contribution is 2.49. The Labute approximate surface area is 95.1 Å². The van der Waals surface area contributed by atoms with E-state index in [0.29, 0.717) is 19.0 Å². The zero-order chi connectivity index (χ0) is 12.7. The number of pyridine rings is 1. The van der Waals surface area contributed by atoms with Crippen molar-refractivity contribution in [2.45, 2.75) is 24.4 Å². The van der Waals surface area contributed by atoms with Crippen LogP contribution in [0.2, 0.25) is 0 Å². The van der Waals surface area contributed by atoms with Crippen molar-refractivity contribution in [3.63, 3.8) is 0 Å². The fourth-order valence-corrected chi connectivity index (χ4v) is 1.64. The van der Waals surface area contributed by atoms with Crippen LogP contribution in [0.5, 0.6) is 0 Å². The van der Waals surface area contributed by atoms with E-state index >= 15 is 0 Å². The van der Waals surface area contributed by atoms with Gasteiger partial charge in [-0.05, 0) is 18.9 Å². The summed E-state index contributed by atoms with van der Waals surface area (Å²) in [6.07, 6.45) is -2.95. The lowest BCUT2D eigenvalue weighted by atomic mass is 9.95. The van der Waals surface area contributed by atoms with Crippen LogP contribution >= 0.6 is 0 Å². The van der Waals surface area contributed by atoms with Crippen molar-refractivity contribution >= 4 is 0 Å². The molecule has 0 amide bonds. The minimum atomic E-state index is -4.51.